The summed E-state index contributed by atoms with van der Waals surface area (Å²) in [5, 5.41) is 0.898. The van der Waals surface area contributed by atoms with Gasteiger partial charge in [-0.05, 0) is 54.1 Å². The summed E-state index contributed by atoms with van der Waals surface area (Å²) >= 11 is 7.68. The summed E-state index contributed by atoms with van der Waals surface area (Å²) in [7, 11) is -2.24. The highest BCUT2D eigenvalue weighted by Gasteiger charge is 2.27. The minimum atomic E-state index is -3.78. The zero-order valence-electron chi connectivity index (χ0n) is 21.8. The minimum absolute atomic E-state index is 0.107. The smallest absolute Gasteiger partial charge is 0.260 e. The van der Waals surface area contributed by atoms with Crippen LogP contribution < -0.4 is 9.64 Å². The lowest BCUT2D eigenvalue weighted by Crippen LogP contribution is -2.31. The molecule has 0 radical (unpaired) electrons. The van der Waals surface area contributed by atoms with E-state index in [1.165, 1.54) is 51.1 Å². The number of nitrogens with zero attached hydrogens (tertiary/aromatic N) is 3. The number of methoxy groups -OCH3 is 1. The van der Waals surface area contributed by atoms with Crippen LogP contribution in [-0.4, -0.2) is 37.3 Å². The van der Waals surface area contributed by atoms with Gasteiger partial charge in [-0.25, -0.2) is 13.4 Å². The molecule has 0 unspecified atom stereocenters. The Morgan fingerprint density at radius 2 is 1.75 bits per heavy atom. The molecule has 0 N–H and O–H groups in total. The number of aromatic nitrogens is 1. The number of benzene rings is 3. The summed E-state index contributed by atoms with van der Waals surface area (Å²) in [5.74, 6) is 0.730. The average Bonchev–Trinajstić information content (AvgIpc) is 3.66. The maximum absolute atomic E-state index is 13.8. The van der Waals surface area contributed by atoms with Crippen LogP contribution in [0.25, 0.3) is 10.2 Å². The van der Waals surface area contributed by atoms with Crippen LogP contribution in [0.2, 0.25) is 5.02 Å². The van der Waals surface area contributed by atoms with E-state index in [1.807, 2.05) is 30.3 Å². The molecule has 0 spiro atoms. The fourth-order valence-electron chi connectivity index (χ4n) is 4.23. The van der Waals surface area contributed by atoms with Crippen LogP contribution in [0.1, 0.15) is 28.6 Å². The number of anilines is 1. The van der Waals surface area contributed by atoms with Crippen molar-refractivity contribution in [3.8, 4) is 5.75 Å². The number of carbonyl (C=O) groups excluding carboxylic acids is 1. The number of halogens is 1. The average molecular weight is 596 g/mol. The number of ether oxygens (including phenoxy) is 1. The van der Waals surface area contributed by atoms with E-state index in [4.69, 9.17) is 20.8 Å². The fraction of sp³-hybridized carbons (Fsp3) is 0.172. The third-order valence-corrected chi connectivity index (χ3v) is 9.80. The Morgan fingerprint density at radius 3 is 2.40 bits per heavy atom. The van der Waals surface area contributed by atoms with Gasteiger partial charge in [-0.3, -0.25) is 9.69 Å². The molecule has 40 heavy (non-hydrogen) atoms. The molecule has 0 aliphatic heterocycles. The van der Waals surface area contributed by atoms with Crippen molar-refractivity contribution in [2.45, 2.75) is 24.9 Å². The standard InChI is InChI=1S/C29H26ClN3O5S2/c1-3-32(18-20-8-5-4-6-9-20)40(35,36)23-13-11-21(12-14-23)28(34)33(19-22-10-7-17-38-22)29-31-26-25(37-2)16-15-24(30)27(26)39-29/h4-17H,3,18-19H2,1-2H3. The summed E-state index contributed by atoms with van der Waals surface area (Å²) in [4.78, 5) is 20.1. The van der Waals surface area contributed by atoms with Crippen LogP contribution in [0, 0.1) is 0 Å². The first-order valence-corrected chi connectivity index (χ1v) is 15.1. The van der Waals surface area contributed by atoms with Crippen LogP contribution in [0.3, 0.4) is 0 Å². The fourth-order valence-corrected chi connectivity index (χ4v) is 6.93. The molecule has 5 aromatic rings. The van der Waals surface area contributed by atoms with Gasteiger partial charge in [-0.1, -0.05) is 60.2 Å². The molecular formula is C29H26ClN3O5S2. The first-order chi connectivity index (χ1) is 19.3. The lowest BCUT2D eigenvalue weighted by atomic mass is 10.2. The van der Waals surface area contributed by atoms with E-state index in [1.54, 1.807) is 38.3 Å². The van der Waals surface area contributed by atoms with E-state index >= 15 is 0 Å². The van der Waals surface area contributed by atoms with Gasteiger partial charge in [0, 0.05) is 18.7 Å². The molecule has 0 aliphatic rings. The molecule has 11 heteroatoms. The molecule has 1 amide bonds. The summed E-state index contributed by atoms with van der Waals surface area (Å²) in [6.45, 7) is 2.47. The third kappa shape index (κ3) is 5.62. The predicted octanol–water partition coefficient (Wildman–Crippen LogP) is 6.61. The molecule has 0 fully saturated rings. The number of carbonyl (C=O) groups is 1. The minimum Gasteiger partial charge on any atom is -0.494 e. The zero-order valence-corrected chi connectivity index (χ0v) is 24.2. The highest BCUT2D eigenvalue weighted by molar-refractivity contribution is 7.89. The van der Waals surface area contributed by atoms with Gasteiger partial charge < -0.3 is 9.15 Å². The molecule has 3 aromatic carbocycles. The van der Waals surface area contributed by atoms with Crippen molar-refractivity contribution in [2.75, 3.05) is 18.6 Å². The SMILES string of the molecule is CCN(Cc1ccccc1)S(=O)(=O)c1ccc(C(=O)N(Cc2ccco2)c2nc3c(OC)ccc(Cl)c3s2)cc1. The first kappa shape index (κ1) is 27.9. The molecular weight excluding hydrogens is 570 g/mol. The van der Waals surface area contributed by atoms with E-state index in [-0.39, 0.29) is 23.9 Å². The molecule has 0 atom stereocenters. The van der Waals surface area contributed by atoms with Gasteiger partial charge in [-0.2, -0.15) is 4.31 Å². The number of rotatable bonds is 10. The van der Waals surface area contributed by atoms with Crippen LogP contribution >= 0.6 is 22.9 Å². The second kappa shape index (κ2) is 11.8. The molecule has 5 rings (SSSR count). The number of hydrogen-bond acceptors (Lipinski definition) is 7. The van der Waals surface area contributed by atoms with Crippen molar-refractivity contribution in [2.24, 2.45) is 0 Å². The molecule has 8 nitrogen and oxygen atoms in total. The van der Waals surface area contributed by atoms with Crippen molar-refractivity contribution in [3.63, 3.8) is 0 Å². The molecule has 0 aliphatic carbocycles. The molecule has 2 heterocycles. The maximum Gasteiger partial charge on any atom is 0.260 e. The molecule has 0 bridgehead atoms. The maximum atomic E-state index is 13.8. The van der Waals surface area contributed by atoms with Crippen LogP contribution in [-0.2, 0) is 23.1 Å². The van der Waals surface area contributed by atoms with Gasteiger partial charge in [0.05, 0.1) is 34.5 Å². The topological polar surface area (TPSA) is 93.0 Å². The first-order valence-electron chi connectivity index (χ1n) is 12.4. The zero-order chi connectivity index (χ0) is 28.3. The molecule has 2 aromatic heterocycles. The second-order valence-corrected chi connectivity index (χ2v) is 12.2. The summed E-state index contributed by atoms with van der Waals surface area (Å²) in [6.07, 6.45) is 1.53. The van der Waals surface area contributed by atoms with Crippen LogP contribution in [0.15, 0.2) is 94.4 Å². The Balaban J connectivity index is 1.46. The highest BCUT2D eigenvalue weighted by Crippen LogP contribution is 2.39. The number of amides is 1. The Bertz CT molecular complexity index is 1720. The second-order valence-electron chi connectivity index (χ2n) is 8.84. The molecule has 0 saturated carbocycles. The van der Waals surface area contributed by atoms with Gasteiger partial charge in [0.2, 0.25) is 10.0 Å². The largest absolute Gasteiger partial charge is 0.494 e. The van der Waals surface area contributed by atoms with Gasteiger partial charge in [0.25, 0.3) is 5.91 Å². The van der Waals surface area contributed by atoms with Crippen LogP contribution in [0.4, 0.5) is 5.13 Å². The van der Waals surface area contributed by atoms with Crippen molar-refractivity contribution in [1.82, 2.24) is 9.29 Å². The van der Waals surface area contributed by atoms with Crippen LogP contribution in [0.5, 0.6) is 5.75 Å². The number of sulfonamides is 1. The van der Waals surface area contributed by atoms with Crippen molar-refractivity contribution in [3.05, 3.63) is 107 Å². The van der Waals surface area contributed by atoms with E-state index in [0.29, 0.717) is 44.0 Å². The Kier molecular flexibility index (Phi) is 8.22. The molecule has 206 valence electrons. The van der Waals surface area contributed by atoms with Crippen molar-refractivity contribution < 1.29 is 22.4 Å². The summed E-state index contributed by atoms with van der Waals surface area (Å²) < 4.78 is 39.8. The Hall–Kier alpha value is -3.70. The van der Waals surface area contributed by atoms with Crippen molar-refractivity contribution in [1.29, 1.82) is 0 Å². The molecule has 0 saturated heterocycles. The Labute approximate surface area is 241 Å². The third-order valence-electron chi connectivity index (χ3n) is 6.33. The number of fused-ring (bicyclic) bond motifs is 1. The lowest BCUT2D eigenvalue weighted by molar-refractivity contribution is 0.0983. The van der Waals surface area contributed by atoms with E-state index in [2.05, 4.69) is 4.98 Å². The lowest BCUT2D eigenvalue weighted by Gasteiger charge is -2.21. The number of hydrogen-bond donors (Lipinski definition) is 0. The number of furan rings is 1. The van der Waals surface area contributed by atoms with E-state index < -0.39 is 10.0 Å². The summed E-state index contributed by atoms with van der Waals surface area (Å²) in [6, 6.07) is 22.3. The quantitative estimate of drug-likeness (QED) is 0.180. The van der Waals surface area contributed by atoms with E-state index in [9.17, 15) is 13.2 Å². The van der Waals surface area contributed by atoms with E-state index in [0.717, 1.165) is 5.56 Å². The predicted molar refractivity (Wildman–Crippen MR) is 157 cm³/mol. The monoisotopic (exact) mass is 595 g/mol. The van der Waals surface area contributed by atoms with Gasteiger partial charge in [0.1, 0.15) is 17.0 Å². The van der Waals surface area contributed by atoms with Crippen molar-refractivity contribution >= 4 is 54.2 Å². The van der Waals surface area contributed by atoms with Gasteiger partial charge in [0.15, 0.2) is 5.13 Å². The van der Waals surface area contributed by atoms with Gasteiger partial charge in [-0.15, -0.1) is 0 Å². The Morgan fingerprint density at radius 1 is 1.00 bits per heavy atom. The normalized spacial score (nSPS) is 11.7. The van der Waals surface area contributed by atoms with Gasteiger partial charge >= 0.3 is 0 Å². The summed E-state index contributed by atoms with van der Waals surface area (Å²) in [5.41, 5.74) is 1.74. The highest BCUT2D eigenvalue weighted by atomic mass is 35.5. The number of thiazole rings is 1.